The summed E-state index contributed by atoms with van der Waals surface area (Å²) in [5, 5.41) is 0. The Morgan fingerprint density at radius 3 is 2.35 bits per heavy atom. The highest BCUT2D eigenvalue weighted by atomic mass is 16.1. The Hall–Kier alpha value is -2.56. The molecule has 0 spiro atoms. The standard InChI is InChI=1S/C15H16N4O/c1-9-4-5-11(12-7-18-10(2)19-8-12)6-13(9)14(17-3)15(16)20/h4-8H,1-3H3,(H2,16,20)/b17-14+. The molecular weight excluding hydrogens is 252 g/mol. The van der Waals surface area contributed by atoms with Gasteiger partial charge in [0.15, 0.2) is 0 Å². The van der Waals surface area contributed by atoms with Crippen LogP contribution in [-0.4, -0.2) is 28.6 Å². The van der Waals surface area contributed by atoms with E-state index >= 15 is 0 Å². The summed E-state index contributed by atoms with van der Waals surface area (Å²) in [6.45, 7) is 3.75. The molecule has 0 aliphatic carbocycles. The van der Waals surface area contributed by atoms with E-state index in [9.17, 15) is 4.79 Å². The summed E-state index contributed by atoms with van der Waals surface area (Å²) < 4.78 is 0. The average Bonchev–Trinajstić information content (AvgIpc) is 2.42. The van der Waals surface area contributed by atoms with Crippen molar-refractivity contribution in [3.05, 3.63) is 47.5 Å². The van der Waals surface area contributed by atoms with Gasteiger partial charge in [0.1, 0.15) is 11.5 Å². The molecule has 0 saturated carbocycles. The second-order valence-electron chi connectivity index (χ2n) is 4.49. The maximum absolute atomic E-state index is 11.4. The molecule has 102 valence electrons. The highest BCUT2D eigenvalue weighted by Gasteiger charge is 2.13. The lowest BCUT2D eigenvalue weighted by Gasteiger charge is -2.09. The maximum Gasteiger partial charge on any atom is 0.267 e. The summed E-state index contributed by atoms with van der Waals surface area (Å²) in [6.07, 6.45) is 3.51. The lowest BCUT2D eigenvalue weighted by atomic mass is 9.98. The fraction of sp³-hybridized carbons (Fsp3) is 0.200. The SMILES string of the molecule is C/N=C(/C(N)=O)c1cc(-c2cnc(C)nc2)ccc1C. The Bertz CT molecular complexity index is 675. The van der Waals surface area contributed by atoms with Crippen molar-refractivity contribution >= 4 is 11.6 Å². The number of primary amides is 1. The Labute approximate surface area is 117 Å². The number of amides is 1. The predicted molar refractivity (Wildman–Crippen MR) is 78.6 cm³/mol. The van der Waals surface area contributed by atoms with E-state index in [1.807, 2.05) is 32.0 Å². The minimum Gasteiger partial charge on any atom is -0.364 e. The molecule has 1 amide bonds. The Morgan fingerprint density at radius 2 is 1.80 bits per heavy atom. The summed E-state index contributed by atoms with van der Waals surface area (Å²) in [6, 6.07) is 5.77. The second-order valence-corrected chi connectivity index (χ2v) is 4.49. The number of nitrogens with two attached hydrogens (primary N) is 1. The number of aromatic nitrogens is 2. The van der Waals surface area contributed by atoms with Crippen molar-refractivity contribution in [3.8, 4) is 11.1 Å². The smallest absolute Gasteiger partial charge is 0.267 e. The van der Waals surface area contributed by atoms with Crippen molar-refractivity contribution < 1.29 is 4.79 Å². The van der Waals surface area contributed by atoms with Crippen LogP contribution in [-0.2, 0) is 4.79 Å². The lowest BCUT2D eigenvalue weighted by Crippen LogP contribution is -2.25. The first-order chi connectivity index (χ1) is 9.52. The van der Waals surface area contributed by atoms with Crippen LogP contribution in [0.15, 0.2) is 35.6 Å². The highest BCUT2D eigenvalue weighted by Crippen LogP contribution is 2.22. The average molecular weight is 268 g/mol. The van der Waals surface area contributed by atoms with Gasteiger partial charge in [-0.2, -0.15) is 0 Å². The van der Waals surface area contributed by atoms with Crippen molar-refractivity contribution in [1.29, 1.82) is 0 Å². The molecule has 0 saturated heterocycles. The van der Waals surface area contributed by atoms with Crippen LogP contribution in [0.3, 0.4) is 0 Å². The van der Waals surface area contributed by atoms with E-state index in [4.69, 9.17) is 5.73 Å². The molecule has 0 atom stereocenters. The van der Waals surface area contributed by atoms with Gasteiger partial charge in [0, 0.05) is 30.6 Å². The molecule has 1 aromatic carbocycles. The minimum atomic E-state index is -0.534. The largest absolute Gasteiger partial charge is 0.364 e. The lowest BCUT2D eigenvalue weighted by molar-refractivity contribution is -0.111. The molecule has 5 heteroatoms. The first-order valence-corrected chi connectivity index (χ1v) is 6.19. The van der Waals surface area contributed by atoms with E-state index < -0.39 is 5.91 Å². The van der Waals surface area contributed by atoms with Gasteiger partial charge < -0.3 is 5.73 Å². The molecule has 2 aromatic rings. The molecule has 1 aromatic heterocycles. The van der Waals surface area contributed by atoms with Crippen molar-refractivity contribution in [3.63, 3.8) is 0 Å². The zero-order valence-corrected chi connectivity index (χ0v) is 11.7. The van der Waals surface area contributed by atoms with Crippen molar-refractivity contribution in [1.82, 2.24) is 9.97 Å². The van der Waals surface area contributed by atoms with Crippen LogP contribution in [0.1, 0.15) is 17.0 Å². The van der Waals surface area contributed by atoms with Crippen molar-refractivity contribution in [2.45, 2.75) is 13.8 Å². The van der Waals surface area contributed by atoms with E-state index in [2.05, 4.69) is 15.0 Å². The van der Waals surface area contributed by atoms with E-state index in [0.717, 1.165) is 22.3 Å². The number of aryl methyl sites for hydroxylation is 2. The molecule has 5 nitrogen and oxygen atoms in total. The van der Waals surface area contributed by atoms with Crippen LogP contribution >= 0.6 is 0 Å². The number of carbonyl (C=O) groups excluding carboxylic acids is 1. The van der Waals surface area contributed by atoms with Gasteiger partial charge in [0.2, 0.25) is 0 Å². The van der Waals surface area contributed by atoms with Gasteiger partial charge in [-0.1, -0.05) is 12.1 Å². The third-order valence-corrected chi connectivity index (χ3v) is 3.06. The molecule has 0 fully saturated rings. The number of rotatable bonds is 3. The zero-order chi connectivity index (χ0) is 14.7. The number of nitrogens with zero attached hydrogens (tertiary/aromatic N) is 3. The number of carbonyl (C=O) groups is 1. The van der Waals surface area contributed by atoms with Gasteiger partial charge in [0.05, 0.1) is 0 Å². The first kappa shape index (κ1) is 13.9. The fourth-order valence-corrected chi connectivity index (χ4v) is 1.96. The van der Waals surface area contributed by atoms with Gasteiger partial charge >= 0.3 is 0 Å². The zero-order valence-electron chi connectivity index (χ0n) is 11.7. The highest BCUT2D eigenvalue weighted by molar-refractivity contribution is 6.45. The molecule has 2 rings (SSSR count). The molecule has 0 radical (unpaired) electrons. The maximum atomic E-state index is 11.4. The second kappa shape index (κ2) is 5.61. The monoisotopic (exact) mass is 268 g/mol. The van der Waals surface area contributed by atoms with E-state index in [0.29, 0.717) is 5.82 Å². The van der Waals surface area contributed by atoms with Crippen LogP contribution in [0.5, 0.6) is 0 Å². The van der Waals surface area contributed by atoms with E-state index in [1.54, 1.807) is 19.4 Å². The summed E-state index contributed by atoms with van der Waals surface area (Å²) in [5.74, 6) is 0.182. The Morgan fingerprint density at radius 1 is 1.15 bits per heavy atom. The number of aliphatic imine (C=N–C) groups is 1. The Kier molecular flexibility index (Phi) is 3.89. The van der Waals surface area contributed by atoms with Crippen LogP contribution in [0.25, 0.3) is 11.1 Å². The van der Waals surface area contributed by atoms with Crippen molar-refractivity contribution in [2.75, 3.05) is 7.05 Å². The van der Waals surface area contributed by atoms with Crippen LogP contribution < -0.4 is 5.73 Å². The van der Waals surface area contributed by atoms with E-state index in [-0.39, 0.29) is 5.71 Å². The van der Waals surface area contributed by atoms with Crippen LogP contribution in [0.2, 0.25) is 0 Å². The Balaban J connectivity index is 2.53. The molecule has 0 aliphatic rings. The molecule has 0 aliphatic heterocycles. The molecule has 2 N–H and O–H groups in total. The topological polar surface area (TPSA) is 81.2 Å². The number of benzene rings is 1. The third kappa shape index (κ3) is 2.71. The van der Waals surface area contributed by atoms with Gasteiger partial charge in [-0.05, 0) is 31.0 Å². The van der Waals surface area contributed by atoms with E-state index in [1.165, 1.54) is 0 Å². The first-order valence-electron chi connectivity index (χ1n) is 6.19. The summed E-state index contributed by atoms with van der Waals surface area (Å²) in [4.78, 5) is 23.8. The molecular formula is C15H16N4O. The van der Waals surface area contributed by atoms with Gasteiger partial charge in [0.25, 0.3) is 5.91 Å². The predicted octanol–water partition coefficient (Wildman–Crippen LogP) is 1.66. The quantitative estimate of drug-likeness (QED) is 0.860. The van der Waals surface area contributed by atoms with Gasteiger partial charge in [-0.3, -0.25) is 9.79 Å². The van der Waals surface area contributed by atoms with Gasteiger partial charge in [-0.15, -0.1) is 0 Å². The normalized spacial score (nSPS) is 11.4. The summed E-state index contributed by atoms with van der Waals surface area (Å²) in [5.41, 5.74) is 9.13. The molecule has 0 unspecified atom stereocenters. The third-order valence-electron chi connectivity index (χ3n) is 3.06. The minimum absolute atomic E-state index is 0.275. The van der Waals surface area contributed by atoms with Gasteiger partial charge in [-0.25, -0.2) is 9.97 Å². The summed E-state index contributed by atoms with van der Waals surface area (Å²) >= 11 is 0. The van der Waals surface area contributed by atoms with Crippen LogP contribution in [0, 0.1) is 13.8 Å². The molecule has 1 heterocycles. The number of hydrogen-bond acceptors (Lipinski definition) is 4. The fourth-order valence-electron chi connectivity index (χ4n) is 1.96. The molecule has 0 bridgehead atoms. The molecule has 20 heavy (non-hydrogen) atoms. The van der Waals surface area contributed by atoms with Crippen molar-refractivity contribution in [2.24, 2.45) is 10.7 Å². The summed E-state index contributed by atoms with van der Waals surface area (Å²) in [7, 11) is 1.56. The number of hydrogen-bond donors (Lipinski definition) is 1. The van der Waals surface area contributed by atoms with Crippen LogP contribution in [0.4, 0.5) is 0 Å².